The molecule has 3 aromatic rings. The molecule has 7 nitrogen and oxygen atoms in total. The summed E-state index contributed by atoms with van der Waals surface area (Å²) in [6, 6.07) is 13.4. The molecule has 0 unspecified atom stereocenters. The van der Waals surface area contributed by atoms with Gasteiger partial charge in [0.25, 0.3) is 0 Å². The van der Waals surface area contributed by atoms with Gasteiger partial charge in [0.1, 0.15) is 5.75 Å². The lowest BCUT2D eigenvalue weighted by Crippen LogP contribution is -2.30. The molecular weight excluding hydrogens is 470 g/mol. The molecule has 4 rings (SSSR count). The molecule has 1 aliphatic rings. The highest BCUT2D eigenvalue weighted by Gasteiger charge is 2.24. The maximum atomic E-state index is 13.0. The molecule has 0 spiro atoms. The third-order valence-corrected chi connectivity index (χ3v) is 9.13. The third kappa shape index (κ3) is 5.43. The van der Waals surface area contributed by atoms with Gasteiger partial charge in [-0.25, -0.2) is 13.4 Å². The lowest BCUT2D eigenvalue weighted by atomic mass is 10.2. The Hall–Kier alpha value is -2.07. The van der Waals surface area contributed by atoms with Crippen molar-refractivity contribution >= 4 is 32.8 Å². The molecule has 1 saturated heterocycles. The van der Waals surface area contributed by atoms with E-state index < -0.39 is 10.0 Å². The van der Waals surface area contributed by atoms with Crippen molar-refractivity contribution in [3.63, 3.8) is 0 Å². The first-order valence-corrected chi connectivity index (χ1v) is 14.3. The van der Waals surface area contributed by atoms with E-state index in [9.17, 15) is 8.42 Å². The lowest BCUT2D eigenvalue weighted by Gasteiger charge is -2.18. The van der Waals surface area contributed by atoms with E-state index in [4.69, 9.17) is 14.5 Å². The SMILES string of the molecule is CCOc1ccc(CSc2nc3cc(S(=O)(=O)N(CC)CC)ccc3n2C[C@@H]2CCCO2)cc1. The van der Waals surface area contributed by atoms with E-state index in [0.717, 1.165) is 41.6 Å². The zero-order valence-electron chi connectivity index (χ0n) is 20.1. The van der Waals surface area contributed by atoms with Gasteiger partial charge < -0.3 is 14.0 Å². The number of sulfonamides is 1. The first kappa shape index (κ1) is 25.0. The van der Waals surface area contributed by atoms with Crippen LogP contribution in [0.3, 0.4) is 0 Å². The first-order chi connectivity index (χ1) is 16.5. The van der Waals surface area contributed by atoms with Crippen molar-refractivity contribution in [1.29, 1.82) is 0 Å². The van der Waals surface area contributed by atoms with E-state index in [1.54, 1.807) is 23.9 Å². The zero-order chi connectivity index (χ0) is 24.1. The van der Waals surface area contributed by atoms with Gasteiger partial charge in [0, 0.05) is 25.4 Å². The minimum Gasteiger partial charge on any atom is -0.494 e. The summed E-state index contributed by atoms with van der Waals surface area (Å²) in [6.07, 6.45) is 2.25. The van der Waals surface area contributed by atoms with Crippen LogP contribution in [-0.2, 0) is 27.1 Å². The van der Waals surface area contributed by atoms with E-state index in [1.807, 2.05) is 39.0 Å². The van der Waals surface area contributed by atoms with Gasteiger partial charge in [-0.3, -0.25) is 0 Å². The maximum absolute atomic E-state index is 13.0. The average molecular weight is 504 g/mol. The topological polar surface area (TPSA) is 73.7 Å². The van der Waals surface area contributed by atoms with Gasteiger partial charge in [-0.2, -0.15) is 4.31 Å². The first-order valence-electron chi connectivity index (χ1n) is 11.9. The molecule has 0 N–H and O–H groups in total. The van der Waals surface area contributed by atoms with Gasteiger partial charge in [-0.15, -0.1) is 0 Å². The number of ether oxygens (including phenoxy) is 2. The van der Waals surface area contributed by atoms with Crippen molar-refractivity contribution in [2.24, 2.45) is 0 Å². The Kier molecular flexibility index (Phi) is 8.18. The van der Waals surface area contributed by atoms with Crippen LogP contribution in [0.1, 0.15) is 39.2 Å². The van der Waals surface area contributed by atoms with Crippen molar-refractivity contribution in [1.82, 2.24) is 13.9 Å². The number of fused-ring (bicyclic) bond motifs is 1. The average Bonchev–Trinajstić information content (AvgIpc) is 3.47. The quantitative estimate of drug-likeness (QED) is 0.345. The summed E-state index contributed by atoms with van der Waals surface area (Å²) >= 11 is 1.65. The third-order valence-electron chi connectivity index (χ3n) is 6.04. The lowest BCUT2D eigenvalue weighted by molar-refractivity contribution is 0.0960. The molecule has 184 valence electrons. The van der Waals surface area contributed by atoms with Crippen LogP contribution < -0.4 is 4.74 Å². The predicted molar refractivity (Wildman–Crippen MR) is 136 cm³/mol. The molecular formula is C25H33N3O4S2. The van der Waals surface area contributed by atoms with Crippen LogP contribution in [-0.4, -0.2) is 54.7 Å². The largest absolute Gasteiger partial charge is 0.494 e. The number of aromatic nitrogens is 2. The summed E-state index contributed by atoms with van der Waals surface area (Å²) in [6.45, 7) is 8.70. The van der Waals surface area contributed by atoms with Gasteiger partial charge in [0.2, 0.25) is 10.0 Å². The summed E-state index contributed by atoms with van der Waals surface area (Å²) in [7, 11) is -3.54. The van der Waals surface area contributed by atoms with Crippen LogP contribution >= 0.6 is 11.8 Å². The summed E-state index contributed by atoms with van der Waals surface area (Å²) in [5.41, 5.74) is 2.80. The highest BCUT2D eigenvalue weighted by atomic mass is 32.2. The second kappa shape index (κ2) is 11.1. The van der Waals surface area contributed by atoms with Crippen molar-refractivity contribution in [2.75, 3.05) is 26.3 Å². The molecule has 1 atom stereocenters. The highest BCUT2D eigenvalue weighted by Crippen LogP contribution is 2.31. The Morgan fingerprint density at radius 1 is 1.15 bits per heavy atom. The number of hydrogen-bond donors (Lipinski definition) is 0. The number of hydrogen-bond acceptors (Lipinski definition) is 6. The van der Waals surface area contributed by atoms with Crippen molar-refractivity contribution in [2.45, 2.75) is 62.1 Å². The maximum Gasteiger partial charge on any atom is 0.243 e. The Morgan fingerprint density at radius 2 is 1.91 bits per heavy atom. The number of benzene rings is 2. The number of rotatable bonds is 11. The molecule has 0 aliphatic carbocycles. The molecule has 9 heteroatoms. The normalized spacial score (nSPS) is 16.5. The predicted octanol–water partition coefficient (Wildman–Crippen LogP) is 4.94. The smallest absolute Gasteiger partial charge is 0.243 e. The fraction of sp³-hybridized carbons (Fsp3) is 0.480. The van der Waals surface area contributed by atoms with E-state index in [0.29, 0.717) is 31.8 Å². The second-order valence-corrected chi connectivity index (χ2v) is 11.1. The van der Waals surface area contributed by atoms with E-state index in [-0.39, 0.29) is 11.0 Å². The number of imidazole rings is 1. The Bertz CT molecular complexity index is 1200. The summed E-state index contributed by atoms with van der Waals surface area (Å²) < 4.78 is 41.2. The standard InChI is InChI=1S/C25H33N3O4S2/c1-4-27(5-2)34(29,30)22-13-14-24-23(16-22)26-25(28(24)17-21-8-7-15-32-21)33-18-19-9-11-20(12-10-19)31-6-3/h9-14,16,21H,4-8,15,17-18H2,1-3H3/t21-/m0/s1. The van der Waals surface area contributed by atoms with Gasteiger partial charge in [-0.05, 0) is 55.7 Å². The summed E-state index contributed by atoms with van der Waals surface area (Å²) in [4.78, 5) is 5.15. The van der Waals surface area contributed by atoms with E-state index in [2.05, 4.69) is 16.7 Å². The van der Waals surface area contributed by atoms with Crippen LogP contribution in [0.2, 0.25) is 0 Å². The fourth-order valence-corrected chi connectivity index (χ4v) is 6.69. The molecule has 0 amide bonds. The van der Waals surface area contributed by atoms with Crippen molar-refractivity contribution in [3.8, 4) is 5.75 Å². The van der Waals surface area contributed by atoms with Crippen LogP contribution in [0, 0.1) is 0 Å². The zero-order valence-corrected chi connectivity index (χ0v) is 21.7. The summed E-state index contributed by atoms with van der Waals surface area (Å²) in [5, 5.41) is 0.872. The number of nitrogens with zero attached hydrogens (tertiary/aromatic N) is 3. The molecule has 34 heavy (non-hydrogen) atoms. The van der Waals surface area contributed by atoms with Gasteiger partial charge in [0.15, 0.2) is 5.16 Å². The fourth-order valence-electron chi connectivity index (χ4n) is 4.24. The Labute approximate surface area is 206 Å². The van der Waals surface area contributed by atoms with Gasteiger partial charge in [-0.1, -0.05) is 37.7 Å². The molecule has 1 fully saturated rings. The molecule has 0 saturated carbocycles. The Balaban J connectivity index is 1.64. The minimum atomic E-state index is -3.54. The van der Waals surface area contributed by atoms with Crippen molar-refractivity contribution in [3.05, 3.63) is 48.0 Å². The molecule has 0 radical (unpaired) electrons. The molecule has 1 aromatic heterocycles. The van der Waals surface area contributed by atoms with E-state index >= 15 is 0 Å². The van der Waals surface area contributed by atoms with Gasteiger partial charge in [0.05, 0.1) is 35.2 Å². The molecule has 2 aromatic carbocycles. The minimum absolute atomic E-state index is 0.154. The second-order valence-electron chi connectivity index (χ2n) is 8.25. The van der Waals surface area contributed by atoms with Crippen molar-refractivity contribution < 1.29 is 17.9 Å². The highest BCUT2D eigenvalue weighted by molar-refractivity contribution is 7.98. The van der Waals surface area contributed by atoms with Crippen LogP contribution in [0.4, 0.5) is 0 Å². The molecule has 0 bridgehead atoms. The Morgan fingerprint density at radius 3 is 2.56 bits per heavy atom. The summed E-state index contributed by atoms with van der Waals surface area (Å²) in [5.74, 6) is 1.62. The van der Waals surface area contributed by atoms with E-state index in [1.165, 1.54) is 9.87 Å². The van der Waals surface area contributed by atoms with Crippen LogP contribution in [0.5, 0.6) is 5.75 Å². The van der Waals surface area contributed by atoms with Crippen LogP contribution in [0.15, 0.2) is 52.5 Å². The molecule has 2 heterocycles. The van der Waals surface area contributed by atoms with Gasteiger partial charge >= 0.3 is 0 Å². The van der Waals surface area contributed by atoms with Crippen LogP contribution in [0.25, 0.3) is 11.0 Å². The monoisotopic (exact) mass is 503 g/mol. The molecule has 1 aliphatic heterocycles. The number of thioether (sulfide) groups is 1.